The van der Waals surface area contributed by atoms with Crippen LogP contribution in [0.3, 0.4) is 0 Å². The van der Waals surface area contributed by atoms with E-state index in [-0.39, 0.29) is 11.4 Å². The van der Waals surface area contributed by atoms with Gasteiger partial charge in [-0.25, -0.2) is 17.6 Å². The molecule has 0 spiro atoms. The lowest BCUT2D eigenvalue weighted by atomic mass is 9.85. The number of hydrogen-bond acceptors (Lipinski definition) is 4. The number of nitrogens with two attached hydrogens (primary N) is 1. The fourth-order valence-corrected chi connectivity index (χ4v) is 3.67. The van der Waals surface area contributed by atoms with Gasteiger partial charge in [0.15, 0.2) is 17.5 Å². The number of piperidine rings is 1. The Hall–Kier alpha value is -3.00. The summed E-state index contributed by atoms with van der Waals surface area (Å²) in [5.74, 6) is -3.23. The van der Waals surface area contributed by atoms with Gasteiger partial charge in [-0.1, -0.05) is 0 Å². The predicted octanol–water partition coefficient (Wildman–Crippen LogP) is 4.02. The molecule has 0 amide bonds. The van der Waals surface area contributed by atoms with Crippen molar-refractivity contribution in [2.75, 3.05) is 18.0 Å². The highest BCUT2D eigenvalue weighted by atomic mass is 19.2. The molecule has 0 bridgehead atoms. The second-order valence-electron chi connectivity index (χ2n) is 7.08. The maximum absolute atomic E-state index is 14.1. The minimum Gasteiger partial charge on any atom is -0.354 e. The van der Waals surface area contributed by atoms with Crippen molar-refractivity contribution in [3.05, 3.63) is 77.4 Å². The van der Waals surface area contributed by atoms with E-state index in [0.29, 0.717) is 37.1 Å². The van der Waals surface area contributed by atoms with Crippen LogP contribution in [0.1, 0.15) is 17.9 Å². The quantitative estimate of drug-likeness (QED) is 0.531. The third-order valence-electron chi connectivity index (χ3n) is 5.21. The molecule has 1 aromatic heterocycles. The van der Waals surface area contributed by atoms with E-state index in [4.69, 9.17) is 5.73 Å². The highest BCUT2D eigenvalue weighted by Gasteiger charge is 2.31. The first kappa shape index (κ1) is 19.3. The van der Waals surface area contributed by atoms with Crippen molar-refractivity contribution in [3.63, 3.8) is 0 Å². The van der Waals surface area contributed by atoms with Crippen LogP contribution in [0.25, 0.3) is 11.3 Å². The van der Waals surface area contributed by atoms with E-state index in [9.17, 15) is 17.6 Å². The van der Waals surface area contributed by atoms with Gasteiger partial charge in [-0.2, -0.15) is 0 Å². The molecule has 0 aliphatic carbocycles. The summed E-state index contributed by atoms with van der Waals surface area (Å²) in [6, 6.07) is 10.5. The molecule has 0 radical (unpaired) electrons. The van der Waals surface area contributed by atoms with Crippen LogP contribution in [0.2, 0.25) is 0 Å². The van der Waals surface area contributed by atoms with Gasteiger partial charge < -0.3 is 10.6 Å². The van der Waals surface area contributed by atoms with Gasteiger partial charge in [-0.15, -0.1) is 10.2 Å². The summed E-state index contributed by atoms with van der Waals surface area (Å²) in [5.41, 5.74) is 7.67. The minimum atomic E-state index is -1.21. The molecule has 0 saturated carbocycles. The molecule has 2 atom stereocenters. The number of aromatic nitrogens is 2. The summed E-state index contributed by atoms with van der Waals surface area (Å²) >= 11 is 0. The molecule has 29 heavy (non-hydrogen) atoms. The topological polar surface area (TPSA) is 55.0 Å². The second-order valence-corrected chi connectivity index (χ2v) is 7.08. The first-order valence-electron chi connectivity index (χ1n) is 9.17. The monoisotopic (exact) mass is 402 g/mol. The summed E-state index contributed by atoms with van der Waals surface area (Å²) in [7, 11) is 0. The average molecular weight is 402 g/mol. The molecule has 8 heteroatoms. The number of anilines is 1. The molecular weight excluding hydrogens is 384 g/mol. The zero-order valence-corrected chi connectivity index (χ0v) is 15.3. The molecule has 1 fully saturated rings. The molecule has 1 aliphatic rings. The Bertz CT molecular complexity index is 1010. The Morgan fingerprint density at radius 1 is 0.862 bits per heavy atom. The Morgan fingerprint density at radius 3 is 2.24 bits per heavy atom. The maximum atomic E-state index is 14.1. The van der Waals surface area contributed by atoms with Crippen LogP contribution in [-0.2, 0) is 0 Å². The fraction of sp³-hybridized carbons (Fsp3) is 0.238. The molecule has 2 N–H and O–H groups in total. The van der Waals surface area contributed by atoms with Gasteiger partial charge in [0.25, 0.3) is 0 Å². The summed E-state index contributed by atoms with van der Waals surface area (Å²) in [5, 5.41) is 8.40. The summed E-state index contributed by atoms with van der Waals surface area (Å²) in [4.78, 5) is 1.92. The van der Waals surface area contributed by atoms with Gasteiger partial charge in [0.2, 0.25) is 0 Å². The van der Waals surface area contributed by atoms with Crippen LogP contribution in [-0.4, -0.2) is 29.3 Å². The zero-order valence-electron chi connectivity index (χ0n) is 15.3. The molecule has 2 aromatic carbocycles. The van der Waals surface area contributed by atoms with E-state index in [1.54, 1.807) is 24.3 Å². The van der Waals surface area contributed by atoms with Gasteiger partial charge >= 0.3 is 0 Å². The SMILES string of the molecule is NC1CN(c2ccc(-c3ccc(F)cc3)nn2)CC[C@@H]1c1cc(F)c(F)cc1F. The molecule has 1 aliphatic heterocycles. The average Bonchev–Trinajstić information content (AvgIpc) is 2.72. The maximum Gasteiger partial charge on any atom is 0.161 e. The molecule has 2 heterocycles. The molecule has 4 rings (SSSR count). The lowest BCUT2D eigenvalue weighted by Gasteiger charge is -2.37. The molecule has 3 aromatic rings. The summed E-state index contributed by atoms with van der Waals surface area (Å²) < 4.78 is 53.9. The Kier molecular flexibility index (Phi) is 5.19. The van der Waals surface area contributed by atoms with Gasteiger partial charge in [0, 0.05) is 36.7 Å². The van der Waals surface area contributed by atoms with Crippen LogP contribution in [0.5, 0.6) is 0 Å². The lowest BCUT2D eigenvalue weighted by Crippen LogP contribution is -2.48. The van der Waals surface area contributed by atoms with E-state index in [0.717, 1.165) is 11.6 Å². The number of benzene rings is 2. The standard InChI is InChI=1S/C21H18F4N4/c22-13-3-1-12(2-4-13)20-5-6-21(28-27-20)29-8-7-14(19(26)11-29)15-9-17(24)18(25)10-16(15)23/h1-6,9-10,14,19H,7-8,11,26H2/t14-,19?/m1/s1. The van der Waals surface area contributed by atoms with Crippen molar-refractivity contribution < 1.29 is 17.6 Å². The van der Waals surface area contributed by atoms with Crippen molar-refractivity contribution in [1.82, 2.24) is 10.2 Å². The fourth-order valence-electron chi connectivity index (χ4n) is 3.67. The lowest BCUT2D eigenvalue weighted by molar-refractivity contribution is 0.415. The van der Waals surface area contributed by atoms with E-state index in [1.165, 1.54) is 12.1 Å². The number of halogens is 4. The normalized spacial score (nSPS) is 19.4. The first-order chi connectivity index (χ1) is 13.9. The largest absolute Gasteiger partial charge is 0.354 e. The minimum absolute atomic E-state index is 0.0915. The number of nitrogens with zero attached hydrogens (tertiary/aromatic N) is 3. The van der Waals surface area contributed by atoms with Gasteiger partial charge in [-0.3, -0.25) is 0 Å². The van der Waals surface area contributed by atoms with Gasteiger partial charge in [0.1, 0.15) is 11.6 Å². The molecular formula is C21H18F4N4. The van der Waals surface area contributed by atoms with Crippen LogP contribution >= 0.6 is 0 Å². The Morgan fingerprint density at radius 2 is 1.59 bits per heavy atom. The van der Waals surface area contributed by atoms with Crippen molar-refractivity contribution in [3.8, 4) is 11.3 Å². The molecule has 4 nitrogen and oxygen atoms in total. The second kappa shape index (κ2) is 7.79. The number of hydrogen-bond donors (Lipinski definition) is 1. The number of rotatable bonds is 3. The van der Waals surface area contributed by atoms with Crippen molar-refractivity contribution in [1.29, 1.82) is 0 Å². The van der Waals surface area contributed by atoms with Crippen LogP contribution in [0.4, 0.5) is 23.4 Å². The van der Waals surface area contributed by atoms with Crippen LogP contribution in [0.15, 0.2) is 48.5 Å². The van der Waals surface area contributed by atoms with Crippen LogP contribution < -0.4 is 10.6 Å². The van der Waals surface area contributed by atoms with Crippen molar-refractivity contribution in [2.45, 2.75) is 18.4 Å². The Balaban J connectivity index is 1.48. The smallest absolute Gasteiger partial charge is 0.161 e. The van der Waals surface area contributed by atoms with E-state index in [1.807, 2.05) is 4.90 Å². The van der Waals surface area contributed by atoms with Crippen molar-refractivity contribution >= 4 is 5.82 Å². The first-order valence-corrected chi connectivity index (χ1v) is 9.17. The highest BCUT2D eigenvalue weighted by Crippen LogP contribution is 2.32. The van der Waals surface area contributed by atoms with E-state index in [2.05, 4.69) is 10.2 Å². The van der Waals surface area contributed by atoms with Crippen molar-refractivity contribution in [2.24, 2.45) is 5.73 Å². The summed E-state index contributed by atoms with van der Waals surface area (Å²) in [6.07, 6.45) is 0.463. The van der Waals surface area contributed by atoms with Crippen LogP contribution in [0, 0.1) is 23.3 Å². The van der Waals surface area contributed by atoms with Gasteiger partial charge in [-0.05, 0) is 54.4 Å². The highest BCUT2D eigenvalue weighted by molar-refractivity contribution is 5.59. The molecule has 150 valence electrons. The van der Waals surface area contributed by atoms with Gasteiger partial charge in [0.05, 0.1) is 5.69 Å². The van der Waals surface area contributed by atoms with E-state index < -0.39 is 29.4 Å². The third kappa shape index (κ3) is 3.93. The predicted molar refractivity (Wildman–Crippen MR) is 101 cm³/mol. The van der Waals surface area contributed by atoms with E-state index >= 15 is 0 Å². The molecule has 1 unspecified atom stereocenters. The Labute approximate surface area is 165 Å². The summed E-state index contributed by atoms with van der Waals surface area (Å²) in [6.45, 7) is 0.884. The molecule has 1 saturated heterocycles. The zero-order chi connectivity index (χ0) is 20.5. The third-order valence-corrected chi connectivity index (χ3v) is 5.21.